The Kier molecular flexibility index (Phi) is 2.88. The molecule has 6 heteroatoms. The fourth-order valence-electron chi connectivity index (χ4n) is 1.64. The summed E-state index contributed by atoms with van der Waals surface area (Å²) in [7, 11) is 0. The Morgan fingerprint density at radius 3 is 2.53 bits per heavy atom. The van der Waals surface area contributed by atoms with Gasteiger partial charge in [-0.1, -0.05) is 18.2 Å². The van der Waals surface area contributed by atoms with Gasteiger partial charge < -0.3 is 10.2 Å². The predicted octanol–water partition coefficient (Wildman–Crippen LogP) is 0.0870. The second kappa shape index (κ2) is 4.34. The molecule has 0 aliphatic rings. The molecule has 0 unspecified atom stereocenters. The van der Waals surface area contributed by atoms with Gasteiger partial charge in [0, 0.05) is 5.39 Å². The lowest BCUT2D eigenvalue weighted by Crippen LogP contribution is -2.27. The van der Waals surface area contributed by atoms with Gasteiger partial charge in [0.1, 0.15) is 0 Å². The van der Waals surface area contributed by atoms with Gasteiger partial charge in [0.15, 0.2) is 5.69 Å². The molecular weight excluding hydrogens is 224 g/mol. The number of fused-ring (bicyclic) bond motifs is 1. The SMILES string of the molecule is O=C(O)c1nn(CCO)c(=O)c2ccccc12. The highest BCUT2D eigenvalue weighted by Crippen LogP contribution is 2.12. The van der Waals surface area contributed by atoms with E-state index >= 15 is 0 Å². The molecule has 0 radical (unpaired) electrons. The molecule has 0 saturated carbocycles. The standard InChI is InChI=1S/C11H10N2O4/c14-6-5-13-10(15)8-4-2-1-3-7(8)9(12-13)11(16)17/h1-4,14H,5-6H2,(H,16,17). The molecule has 2 rings (SSSR count). The summed E-state index contributed by atoms with van der Waals surface area (Å²) in [6, 6.07) is 6.38. The molecular formula is C11H10N2O4. The Labute approximate surface area is 95.7 Å². The van der Waals surface area contributed by atoms with Crippen LogP contribution in [0.1, 0.15) is 10.5 Å². The van der Waals surface area contributed by atoms with Crippen LogP contribution in [0, 0.1) is 0 Å². The summed E-state index contributed by atoms with van der Waals surface area (Å²) in [5.41, 5.74) is -0.590. The van der Waals surface area contributed by atoms with Gasteiger partial charge in [-0.05, 0) is 6.07 Å². The van der Waals surface area contributed by atoms with Gasteiger partial charge in [0.2, 0.25) is 0 Å². The summed E-state index contributed by atoms with van der Waals surface area (Å²) in [6.45, 7) is -0.297. The Morgan fingerprint density at radius 2 is 1.94 bits per heavy atom. The molecule has 0 atom stereocenters. The van der Waals surface area contributed by atoms with Crippen LogP contribution in [0.5, 0.6) is 0 Å². The van der Waals surface area contributed by atoms with E-state index in [9.17, 15) is 9.59 Å². The van der Waals surface area contributed by atoms with E-state index in [0.29, 0.717) is 5.39 Å². The van der Waals surface area contributed by atoms with E-state index in [1.807, 2.05) is 0 Å². The number of rotatable bonds is 3. The molecule has 88 valence electrons. The van der Waals surface area contributed by atoms with Gasteiger partial charge in [-0.2, -0.15) is 5.10 Å². The molecule has 0 spiro atoms. The van der Waals surface area contributed by atoms with Crippen molar-refractivity contribution in [2.45, 2.75) is 6.54 Å². The minimum absolute atomic E-state index is 0.0239. The second-order valence-electron chi connectivity index (χ2n) is 3.45. The van der Waals surface area contributed by atoms with Crippen LogP contribution in [0.25, 0.3) is 10.8 Å². The van der Waals surface area contributed by atoms with Gasteiger partial charge >= 0.3 is 5.97 Å². The van der Waals surface area contributed by atoms with E-state index in [2.05, 4.69) is 5.10 Å². The summed E-state index contributed by atoms with van der Waals surface area (Å²) in [4.78, 5) is 22.9. The number of hydrogen-bond donors (Lipinski definition) is 2. The number of aliphatic hydroxyl groups excluding tert-OH is 1. The molecule has 1 heterocycles. The first kappa shape index (κ1) is 11.3. The molecule has 0 saturated heterocycles. The third kappa shape index (κ3) is 1.90. The average Bonchev–Trinajstić information content (AvgIpc) is 2.32. The van der Waals surface area contributed by atoms with E-state index in [0.717, 1.165) is 4.68 Å². The van der Waals surface area contributed by atoms with Crippen molar-refractivity contribution in [2.75, 3.05) is 6.61 Å². The maximum absolute atomic E-state index is 11.9. The largest absolute Gasteiger partial charge is 0.476 e. The number of carboxylic acid groups (broad SMARTS) is 1. The van der Waals surface area contributed by atoms with Crippen molar-refractivity contribution in [1.82, 2.24) is 9.78 Å². The highest BCUT2D eigenvalue weighted by atomic mass is 16.4. The molecule has 1 aromatic carbocycles. The summed E-state index contributed by atoms with van der Waals surface area (Å²) < 4.78 is 0.964. The molecule has 0 bridgehead atoms. The van der Waals surface area contributed by atoms with Crippen molar-refractivity contribution in [3.05, 3.63) is 40.3 Å². The van der Waals surface area contributed by atoms with Crippen LogP contribution in [-0.4, -0.2) is 32.6 Å². The van der Waals surface area contributed by atoms with Crippen LogP contribution in [0.15, 0.2) is 29.1 Å². The maximum Gasteiger partial charge on any atom is 0.357 e. The predicted molar refractivity (Wildman–Crippen MR) is 60.0 cm³/mol. The molecule has 2 N–H and O–H groups in total. The van der Waals surface area contributed by atoms with Crippen LogP contribution in [-0.2, 0) is 6.54 Å². The van der Waals surface area contributed by atoms with Crippen molar-refractivity contribution >= 4 is 16.7 Å². The van der Waals surface area contributed by atoms with Crippen LogP contribution in [0.3, 0.4) is 0 Å². The lowest BCUT2D eigenvalue weighted by Gasteiger charge is -2.06. The quantitative estimate of drug-likeness (QED) is 0.785. The first-order chi connectivity index (χ1) is 8.15. The normalized spacial score (nSPS) is 10.6. The zero-order valence-corrected chi connectivity index (χ0v) is 8.83. The van der Waals surface area contributed by atoms with Crippen molar-refractivity contribution in [2.24, 2.45) is 0 Å². The molecule has 6 nitrogen and oxygen atoms in total. The monoisotopic (exact) mass is 234 g/mol. The number of carbonyl (C=O) groups is 1. The van der Waals surface area contributed by atoms with E-state index in [-0.39, 0.29) is 24.2 Å². The van der Waals surface area contributed by atoms with Gasteiger partial charge in [0.05, 0.1) is 18.5 Å². The number of hydrogen-bond acceptors (Lipinski definition) is 4. The zero-order valence-electron chi connectivity index (χ0n) is 8.83. The number of benzene rings is 1. The number of aromatic carboxylic acids is 1. The number of aliphatic hydroxyl groups is 1. The maximum atomic E-state index is 11.9. The van der Waals surface area contributed by atoms with E-state index < -0.39 is 11.5 Å². The molecule has 0 aliphatic carbocycles. The highest BCUT2D eigenvalue weighted by Gasteiger charge is 2.14. The fraction of sp³-hybridized carbons (Fsp3) is 0.182. The second-order valence-corrected chi connectivity index (χ2v) is 3.45. The van der Waals surface area contributed by atoms with E-state index in [1.165, 1.54) is 6.07 Å². The lowest BCUT2D eigenvalue weighted by atomic mass is 10.1. The smallest absolute Gasteiger partial charge is 0.357 e. The molecule has 1 aromatic heterocycles. The lowest BCUT2D eigenvalue weighted by molar-refractivity contribution is 0.0689. The Balaban J connectivity index is 2.85. The number of nitrogens with zero attached hydrogens (tertiary/aromatic N) is 2. The van der Waals surface area contributed by atoms with Gasteiger partial charge in [0.25, 0.3) is 5.56 Å². The summed E-state index contributed by atoms with van der Waals surface area (Å²) in [6.07, 6.45) is 0. The van der Waals surface area contributed by atoms with Crippen molar-refractivity contribution in [3.8, 4) is 0 Å². The summed E-state index contributed by atoms with van der Waals surface area (Å²) in [5, 5.41) is 22.1. The average molecular weight is 234 g/mol. The van der Waals surface area contributed by atoms with Crippen molar-refractivity contribution in [1.29, 1.82) is 0 Å². The Hall–Kier alpha value is -2.21. The van der Waals surface area contributed by atoms with Crippen LogP contribution < -0.4 is 5.56 Å². The Bertz CT molecular complexity index is 633. The molecule has 2 aromatic rings. The van der Waals surface area contributed by atoms with Crippen LogP contribution >= 0.6 is 0 Å². The van der Waals surface area contributed by atoms with Gasteiger partial charge in [-0.25, -0.2) is 9.48 Å². The summed E-state index contributed by atoms with van der Waals surface area (Å²) in [5.74, 6) is -1.20. The minimum Gasteiger partial charge on any atom is -0.476 e. The van der Waals surface area contributed by atoms with Crippen molar-refractivity contribution in [3.63, 3.8) is 0 Å². The summed E-state index contributed by atoms with van der Waals surface area (Å²) >= 11 is 0. The first-order valence-electron chi connectivity index (χ1n) is 4.99. The van der Waals surface area contributed by atoms with Crippen molar-refractivity contribution < 1.29 is 15.0 Å². The molecule has 17 heavy (non-hydrogen) atoms. The van der Waals surface area contributed by atoms with Gasteiger partial charge in [-0.3, -0.25) is 4.79 Å². The highest BCUT2D eigenvalue weighted by molar-refractivity contribution is 6.01. The molecule has 0 aliphatic heterocycles. The third-order valence-electron chi connectivity index (χ3n) is 2.38. The topological polar surface area (TPSA) is 92.4 Å². The van der Waals surface area contributed by atoms with E-state index in [4.69, 9.17) is 10.2 Å². The van der Waals surface area contributed by atoms with Gasteiger partial charge in [-0.15, -0.1) is 0 Å². The number of carboxylic acids is 1. The number of aromatic nitrogens is 2. The van der Waals surface area contributed by atoms with E-state index in [1.54, 1.807) is 18.2 Å². The fourth-order valence-corrected chi connectivity index (χ4v) is 1.64. The Morgan fingerprint density at radius 1 is 1.29 bits per heavy atom. The molecule has 0 fully saturated rings. The van der Waals surface area contributed by atoms with Crippen LogP contribution in [0.2, 0.25) is 0 Å². The minimum atomic E-state index is -1.20. The third-order valence-corrected chi connectivity index (χ3v) is 2.38. The zero-order chi connectivity index (χ0) is 12.4. The molecule has 0 amide bonds. The first-order valence-corrected chi connectivity index (χ1v) is 4.99. The van der Waals surface area contributed by atoms with Crippen LogP contribution in [0.4, 0.5) is 0 Å².